The summed E-state index contributed by atoms with van der Waals surface area (Å²) < 4.78 is 22.2. The van der Waals surface area contributed by atoms with Gasteiger partial charge < -0.3 is 76.5 Å². The van der Waals surface area contributed by atoms with Crippen molar-refractivity contribution in [1.29, 1.82) is 0 Å². The second-order valence-electron chi connectivity index (χ2n) is 28.6. The van der Waals surface area contributed by atoms with E-state index in [1.807, 2.05) is 0 Å². The molecule has 33 heteroatoms. The van der Waals surface area contributed by atoms with Gasteiger partial charge in [-0.1, -0.05) is 68.2 Å². The molecule has 1 aromatic heterocycles. The molecule has 1 saturated heterocycles. The SMILES string of the molecule is CC[C@H](C)[C@@H]1NC(=O)CNC(=O)[C@H]2CC(=O)[C@H]([C@@H](C)CC)NC(=O)[C@@H]3C[C@H](O)CN3C(=O)[C@H](CC(=O)OC)NC(=O)[C@H](CSc3[nH]c4cc5c(cc4c3C2)NC(=O)C(C)CC(=O)C(C)NC(=O)CCOCCCC(=O)C(C)C(C)C(=O)CCCOCCC(=O)NC(C)C(=O)CC(C)C(=O)O5)NC(=O)CCC1=O. The Labute approximate surface area is 626 Å². The van der Waals surface area contributed by atoms with Crippen LogP contribution >= 0.6 is 11.8 Å². The van der Waals surface area contributed by atoms with Crippen molar-refractivity contribution in [2.45, 2.75) is 225 Å². The third-order valence-corrected chi connectivity index (χ3v) is 21.4. The predicted octanol–water partition coefficient (Wildman–Crippen LogP) is 2.27. The van der Waals surface area contributed by atoms with Crippen molar-refractivity contribution in [3.63, 3.8) is 0 Å². The minimum absolute atomic E-state index is 0.0502. The van der Waals surface area contributed by atoms with Gasteiger partial charge in [0.05, 0.1) is 85.7 Å². The zero-order valence-electron chi connectivity index (χ0n) is 63.0. The number of nitrogens with one attached hydrogen (secondary N) is 9. The fourth-order valence-electron chi connectivity index (χ4n) is 12.8. The summed E-state index contributed by atoms with van der Waals surface area (Å²) in [6.45, 7) is 14.9. The van der Waals surface area contributed by atoms with Crippen LogP contribution in [0, 0.1) is 41.4 Å². The number of rotatable bonds is 6. The fourth-order valence-corrected chi connectivity index (χ4v) is 14.0. The number of H-pyrrole nitrogens is 1. The van der Waals surface area contributed by atoms with E-state index in [0.29, 0.717) is 19.3 Å². The van der Waals surface area contributed by atoms with Gasteiger partial charge in [-0.05, 0) is 56.6 Å². The van der Waals surface area contributed by atoms with E-state index in [4.69, 9.17) is 18.9 Å². The van der Waals surface area contributed by atoms with E-state index >= 15 is 9.59 Å². The smallest absolute Gasteiger partial charge is 0.314 e. The largest absolute Gasteiger partial charge is 0.469 e. The standard InChI is InChI=1S/C74H106N10O22S/c1-12-37(3)66-56(88)18-19-61(92)78-52-36-107-72-48(28-45(69(98)75-34-64(95)82-66)29-59(91)67(38(4)13-2)83-71(100)53-30-46(85)35-84(53)73(101)51(80-70(52)99)33-65(96)103-11)47-31-50-60(32-49(47)81-72)106-74(102)40(6)27-58(90)44(10)77-63(94)21-25-105-23-15-17-55(87)42(8)41(7)54(86)16-14-22-104-24-20-62(93)76-43(9)57(89)26-39(5)68(97)79-50/h31-32,37-46,51-53,66-67,81,85H,12-30,33-36H2,1-11H3,(H,75,98)(H,76,93)(H,77,94)(H,78,92)(H,79,97)(H,80,99)(H,82,95)(H,83,100)/t37-,38-,39?,40?,41?,42?,43?,44?,45+,46-,51-,52-,53-,66-,67-/m0/s1. The molecule has 2 aromatic rings. The van der Waals surface area contributed by atoms with Gasteiger partial charge in [-0.15, -0.1) is 11.8 Å². The Morgan fingerprint density at radius 2 is 1.17 bits per heavy atom. The number of aliphatic hydroxyl groups is 1. The van der Waals surface area contributed by atoms with Gasteiger partial charge in [0.15, 0.2) is 28.9 Å². The van der Waals surface area contributed by atoms with Crippen LogP contribution in [-0.2, 0) is 102 Å². The van der Waals surface area contributed by atoms with Crippen molar-refractivity contribution in [3.05, 3.63) is 17.7 Å². The number of thioether (sulfide) groups is 1. The molecule has 0 aliphatic carbocycles. The minimum Gasteiger partial charge on any atom is -0.469 e. The van der Waals surface area contributed by atoms with E-state index in [-0.39, 0.29) is 109 Å². The van der Waals surface area contributed by atoms with Gasteiger partial charge in [0.2, 0.25) is 53.2 Å². The minimum atomic E-state index is -1.81. The number of carbonyl (C=O) groups excluding carboxylic acids is 17. The topological polar surface area (TPSA) is 463 Å². The van der Waals surface area contributed by atoms with Crippen LogP contribution in [0.25, 0.3) is 10.9 Å². The first-order valence-corrected chi connectivity index (χ1v) is 37.9. The first-order valence-electron chi connectivity index (χ1n) is 36.9. The van der Waals surface area contributed by atoms with Crippen LogP contribution in [0.5, 0.6) is 5.75 Å². The lowest BCUT2D eigenvalue weighted by atomic mass is 9.85. The molecule has 2 bridgehead atoms. The fraction of sp³-hybridized carbons (Fsp3) is 0.662. The van der Waals surface area contributed by atoms with Gasteiger partial charge >= 0.3 is 11.9 Å². The number of aromatic nitrogens is 1. The van der Waals surface area contributed by atoms with Crippen molar-refractivity contribution in [2.75, 3.05) is 57.7 Å². The number of ketones is 6. The second kappa shape index (κ2) is 41.5. The number of benzene rings is 1. The molecular formula is C74H106N10O22S. The normalized spacial score (nSPS) is 28.8. The molecule has 590 valence electrons. The van der Waals surface area contributed by atoms with Crippen LogP contribution in [0.15, 0.2) is 17.2 Å². The first-order chi connectivity index (χ1) is 50.6. The molecule has 4 aliphatic rings. The predicted molar refractivity (Wildman–Crippen MR) is 387 cm³/mol. The van der Waals surface area contributed by atoms with Crippen molar-refractivity contribution < 1.29 is 106 Å². The van der Waals surface area contributed by atoms with Crippen LogP contribution < -0.4 is 47.3 Å². The molecule has 15 atom stereocenters. The van der Waals surface area contributed by atoms with Gasteiger partial charge in [0, 0.05) is 125 Å². The number of hydrogen-bond donors (Lipinski definition) is 10. The van der Waals surface area contributed by atoms with Gasteiger partial charge in [0.1, 0.15) is 29.7 Å². The first kappa shape index (κ1) is 87.1. The van der Waals surface area contributed by atoms with E-state index in [0.717, 1.165) is 23.8 Å². The monoisotopic (exact) mass is 1520 g/mol. The summed E-state index contributed by atoms with van der Waals surface area (Å²) in [7, 11) is 1.03. The Kier molecular flexibility index (Phi) is 33.8. The highest BCUT2D eigenvalue weighted by atomic mass is 32.2. The summed E-state index contributed by atoms with van der Waals surface area (Å²) in [4.78, 5) is 243. The Morgan fingerprint density at radius 1 is 0.598 bits per heavy atom. The number of aromatic amines is 1. The number of hydrogen-bond acceptors (Lipinski definition) is 23. The summed E-state index contributed by atoms with van der Waals surface area (Å²) in [5, 5.41) is 32.5. The number of carbonyl (C=O) groups is 17. The van der Waals surface area contributed by atoms with Crippen LogP contribution in [0.1, 0.15) is 171 Å². The van der Waals surface area contributed by atoms with E-state index in [1.54, 1.807) is 41.5 Å². The number of ether oxygens (including phenoxy) is 4. The lowest BCUT2D eigenvalue weighted by molar-refractivity contribution is -0.148. The zero-order chi connectivity index (χ0) is 79.1. The number of nitrogens with zero attached hydrogens (tertiary/aromatic N) is 1. The van der Waals surface area contributed by atoms with E-state index in [1.165, 1.54) is 39.8 Å². The highest BCUT2D eigenvalue weighted by Crippen LogP contribution is 2.40. The maximum absolute atomic E-state index is 15.2. The highest BCUT2D eigenvalue weighted by molar-refractivity contribution is 7.99. The molecule has 6 rings (SSSR count). The summed E-state index contributed by atoms with van der Waals surface area (Å²) in [6.07, 6.45) is -4.23. The van der Waals surface area contributed by atoms with E-state index < -0.39 is 242 Å². The molecule has 6 unspecified atom stereocenters. The average Bonchev–Trinajstić information content (AvgIpc) is 1.63. The third-order valence-electron chi connectivity index (χ3n) is 20.3. The quantitative estimate of drug-likeness (QED) is 0.146. The highest BCUT2D eigenvalue weighted by Gasteiger charge is 2.45. The van der Waals surface area contributed by atoms with Crippen LogP contribution in [0.2, 0.25) is 0 Å². The van der Waals surface area contributed by atoms with Crippen LogP contribution in [-0.4, -0.2) is 216 Å². The molecule has 5 heterocycles. The third kappa shape index (κ3) is 25.4. The summed E-state index contributed by atoms with van der Waals surface area (Å²) in [5.41, 5.74) is 0.0523. The Hall–Kier alpha value is -8.82. The lowest BCUT2D eigenvalue weighted by Crippen LogP contribution is -2.59. The summed E-state index contributed by atoms with van der Waals surface area (Å²) in [6, 6.07) is -7.06. The summed E-state index contributed by atoms with van der Waals surface area (Å²) >= 11 is 0.864. The van der Waals surface area contributed by atoms with Gasteiger partial charge in [0.25, 0.3) is 0 Å². The van der Waals surface area contributed by atoms with Gasteiger partial charge in [-0.25, -0.2) is 0 Å². The molecule has 0 saturated carbocycles. The van der Waals surface area contributed by atoms with Crippen LogP contribution in [0.3, 0.4) is 0 Å². The number of fused-ring (bicyclic) bond motifs is 6. The molecule has 1 aromatic carbocycles. The van der Waals surface area contributed by atoms with Crippen molar-refractivity contribution in [3.8, 4) is 5.75 Å². The molecule has 0 radical (unpaired) electrons. The molecule has 1 fully saturated rings. The Bertz CT molecular complexity index is 3650. The number of amides is 9. The Balaban J connectivity index is 1.49. The number of aliphatic hydroxyl groups excluding tert-OH is 1. The molecular weight excluding hydrogens is 1410 g/mol. The second-order valence-corrected chi connectivity index (χ2v) is 29.7. The van der Waals surface area contributed by atoms with E-state index in [9.17, 15) is 77.0 Å². The number of anilines is 1. The molecule has 9 amide bonds. The molecule has 107 heavy (non-hydrogen) atoms. The number of methoxy groups -OCH3 is 1. The number of Topliss-reactive ketones (excluding diaryl/α,β-unsaturated/α-hetero) is 6. The van der Waals surface area contributed by atoms with Crippen molar-refractivity contribution in [1.82, 2.24) is 47.1 Å². The summed E-state index contributed by atoms with van der Waals surface area (Å²) in [5.74, 6) is -19.1. The molecule has 0 spiro atoms. The molecule has 4 aliphatic heterocycles. The molecule has 32 nitrogen and oxygen atoms in total. The zero-order valence-corrected chi connectivity index (χ0v) is 63.8. The lowest BCUT2D eigenvalue weighted by Gasteiger charge is -2.31. The van der Waals surface area contributed by atoms with E-state index in [2.05, 4.69) is 47.5 Å². The number of esters is 2. The van der Waals surface area contributed by atoms with Gasteiger partial charge in [-0.3, -0.25) is 81.5 Å². The Morgan fingerprint density at radius 3 is 1.75 bits per heavy atom. The van der Waals surface area contributed by atoms with Crippen molar-refractivity contribution >= 4 is 128 Å². The maximum atomic E-state index is 15.2. The van der Waals surface area contributed by atoms with Gasteiger partial charge in [-0.2, -0.15) is 0 Å². The average molecular weight is 1520 g/mol. The van der Waals surface area contributed by atoms with Crippen molar-refractivity contribution in [2.24, 2.45) is 41.4 Å². The maximum Gasteiger partial charge on any atom is 0.314 e. The molecule has 10 N–H and O–H groups in total. The van der Waals surface area contributed by atoms with Crippen LogP contribution in [0.4, 0.5) is 5.69 Å².